The van der Waals surface area contributed by atoms with E-state index in [-0.39, 0.29) is 30.3 Å². The van der Waals surface area contributed by atoms with Crippen molar-refractivity contribution in [2.45, 2.75) is 44.5 Å². The van der Waals surface area contributed by atoms with E-state index in [2.05, 4.69) is 10.3 Å². The van der Waals surface area contributed by atoms with Gasteiger partial charge in [-0.25, -0.2) is 14.8 Å². The van der Waals surface area contributed by atoms with Crippen molar-refractivity contribution in [3.8, 4) is 10.6 Å². The van der Waals surface area contributed by atoms with Gasteiger partial charge in [-0.15, -0.1) is 11.3 Å². The lowest BCUT2D eigenvalue weighted by molar-refractivity contribution is 0.153. The van der Waals surface area contributed by atoms with Crippen molar-refractivity contribution in [1.29, 1.82) is 0 Å². The number of aliphatic hydroxyl groups excluding tert-OH is 1. The number of aliphatic hydroxyl groups is 1. The monoisotopic (exact) mass is 580 g/mol. The second-order valence-electron chi connectivity index (χ2n) is 10.2. The number of cyclic esters (lactones) is 1. The molecule has 0 bridgehead atoms. The quantitative estimate of drug-likeness (QED) is 0.299. The fraction of sp³-hybridized carbons (Fsp3) is 0.357. The predicted octanol–water partition coefficient (Wildman–Crippen LogP) is 3.92. The minimum absolute atomic E-state index is 0.0229. The maximum absolute atomic E-state index is 13.8. The SMILES string of the molecule is Cc1nc2cc(-c3ncc([C@@H](O)CN)s3)c(N[C@H]3CCN4C(=O)OC[C@@H]4C3)cc2c(=O)n1Cc1ccc(Cl)cc1. The molecule has 4 N–H and O–H groups in total. The van der Waals surface area contributed by atoms with Gasteiger partial charge in [0.2, 0.25) is 0 Å². The van der Waals surface area contributed by atoms with Crippen molar-refractivity contribution in [3.63, 3.8) is 0 Å². The fourth-order valence-corrected chi connectivity index (χ4v) is 6.44. The number of nitrogens with one attached hydrogen (secondary N) is 1. The second kappa shape index (κ2) is 10.8. The van der Waals surface area contributed by atoms with Crippen LogP contribution in [0.5, 0.6) is 0 Å². The molecule has 2 aromatic heterocycles. The molecule has 10 nitrogen and oxygen atoms in total. The van der Waals surface area contributed by atoms with Gasteiger partial charge in [-0.2, -0.15) is 0 Å². The highest BCUT2D eigenvalue weighted by molar-refractivity contribution is 7.15. The van der Waals surface area contributed by atoms with Crippen LogP contribution in [0.1, 0.15) is 35.2 Å². The number of amides is 1. The summed E-state index contributed by atoms with van der Waals surface area (Å²) in [4.78, 5) is 37.6. The topological polar surface area (TPSA) is 136 Å². The summed E-state index contributed by atoms with van der Waals surface area (Å²) in [6, 6.07) is 11.2. The summed E-state index contributed by atoms with van der Waals surface area (Å²) in [5, 5.41) is 15.7. The number of aryl methyl sites for hydroxylation is 1. The van der Waals surface area contributed by atoms with E-state index in [0.717, 1.165) is 29.7 Å². The highest BCUT2D eigenvalue weighted by atomic mass is 35.5. The first-order valence-electron chi connectivity index (χ1n) is 13.1. The molecule has 208 valence electrons. The van der Waals surface area contributed by atoms with Crippen LogP contribution in [0.2, 0.25) is 5.02 Å². The van der Waals surface area contributed by atoms with Crippen molar-refractivity contribution in [2.24, 2.45) is 5.73 Å². The van der Waals surface area contributed by atoms with Crippen LogP contribution < -0.4 is 16.6 Å². The van der Waals surface area contributed by atoms with Gasteiger partial charge in [0.1, 0.15) is 23.5 Å². The molecular weight excluding hydrogens is 552 g/mol. The number of hydrogen-bond donors (Lipinski definition) is 3. The Morgan fingerprint density at radius 1 is 1.27 bits per heavy atom. The maximum atomic E-state index is 13.8. The van der Waals surface area contributed by atoms with Gasteiger partial charge < -0.3 is 25.8 Å². The summed E-state index contributed by atoms with van der Waals surface area (Å²) < 4.78 is 6.90. The van der Waals surface area contributed by atoms with Crippen molar-refractivity contribution in [2.75, 3.05) is 25.0 Å². The molecule has 4 aromatic rings. The van der Waals surface area contributed by atoms with Gasteiger partial charge in [-0.1, -0.05) is 23.7 Å². The number of benzene rings is 2. The van der Waals surface area contributed by atoms with Crippen LogP contribution in [0.25, 0.3) is 21.5 Å². The zero-order valence-corrected chi connectivity index (χ0v) is 23.4. The summed E-state index contributed by atoms with van der Waals surface area (Å²) in [6.07, 6.45) is 2.05. The summed E-state index contributed by atoms with van der Waals surface area (Å²) in [5.74, 6) is 0.593. The van der Waals surface area contributed by atoms with Crippen LogP contribution in [0.4, 0.5) is 10.5 Å². The maximum Gasteiger partial charge on any atom is 0.410 e. The van der Waals surface area contributed by atoms with Crippen LogP contribution in [-0.4, -0.2) is 62.4 Å². The number of nitrogens with zero attached hydrogens (tertiary/aromatic N) is 4. The Morgan fingerprint density at radius 2 is 2.08 bits per heavy atom. The summed E-state index contributed by atoms with van der Waals surface area (Å²) in [7, 11) is 0. The van der Waals surface area contributed by atoms with E-state index in [1.165, 1.54) is 11.3 Å². The summed E-state index contributed by atoms with van der Waals surface area (Å²) in [6.45, 7) is 3.27. The van der Waals surface area contributed by atoms with Crippen molar-refractivity contribution in [1.82, 2.24) is 19.4 Å². The largest absolute Gasteiger partial charge is 0.447 e. The molecular formula is C28H29ClN6O4S. The lowest BCUT2D eigenvalue weighted by Crippen LogP contribution is -2.45. The fourth-order valence-electron chi connectivity index (χ4n) is 5.37. The zero-order chi connectivity index (χ0) is 28.0. The molecule has 2 aliphatic heterocycles. The van der Waals surface area contributed by atoms with Crippen LogP contribution in [0.15, 0.2) is 47.4 Å². The van der Waals surface area contributed by atoms with E-state index in [0.29, 0.717) is 51.3 Å². The third kappa shape index (κ3) is 5.05. The van der Waals surface area contributed by atoms with Crippen molar-refractivity contribution >= 4 is 45.6 Å². The number of aromatic nitrogens is 3. The molecule has 1 amide bonds. The molecule has 2 saturated heterocycles. The van der Waals surface area contributed by atoms with Crippen LogP contribution in [-0.2, 0) is 11.3 Å². The van der Waals surface area contributed by atoms with Gasteiger partial charge in [0.05, 0.1) is 28.4 Å². The average molecular weight is 581 g/mol. The van der Waals surface area contributed by atoms with E-state index < -0.39 is 6.10 Å². The first-order chi connectivity index (χ1) is 19.3. The lowest BCUT2D eigenvalue weighted by Gasteiger charge is -2.33. The average Bonchev–Trinajstić information content (AvgIpc) is 3.59. The van der Waals surface area contributed by atoms with Gasteiger partial charge in [0, 0.05) is 41.6 Å². The minimum Gasteiger partial charge on any atom is -0.447 e. The number of ether oxygens (including phenoxy) is 1. The van der Waals surface area contributed by atoms with Crippen LogP contribution in [0.3, 0.4) is 0 Å². The normalized spacial score (nSPS) is 19.5. The van der Waals surface area contributed by atoms with E-state index in [1.54, 1.807) is 27.8 Å². The van der Waals surface area contributed by atoms with Crippen molar-refractivity contribution in [3.05, 3.63) is 74.2 Å². The van der Waals surface area contributed by atoms with E-state index in [4.69, 9.17) is 27.1 Å². The first kappa shape index (κ1) is 26.7. The number of piperidine rings is 1. The molecule has 2 fully saturated rings. The Morgan fingerprint density at radius 3 is 2.85 bits per heavy atom. The second-order valence-corrected chi connectivity index (χ2v) is 11.7. The Kier molecular flexibility index (Phi) is 7.22. The van der Waals surface area contributed by atoms with Gasteiger partial charge in [-0.3, -0.25) is 9.36 Å². The van der Waals surface area contributed by atoms with Gasteiger partial charge in [0.25, 0.3) is 5.56 Å². The molecule has 0 saturated carbocycles. The van der Waals surface area contributed by atoms with Crippen molar-refractivity contribution < 1.29 is 14.6 Å². The molecule has 6 rings (SSSR count). The van der Waals surface area contributed by atoms with E-state index in [1.807, 2.05) is 31.2 Å². The first-order valence-corrected chi connectivity index (χ1v) is 14.3. The number of fused-ring (bicyclic) bond motifs is 2. The van der Waals surface area contributed by atoms with Gasteiger partial charge in [0.15, 0.2) is 0 Å². The lowest BCUT2D eigenvalue weighted by atomic mass is 9.97. The van der Waals surface area contributed by atoms with Crippen LogP contribution in [0, 0.1) is 6.92 Å². The van der Waals surface area contributed by atoms with E-state index in [9.17, 15) is 14.7 Å². The Hall–Kier alpha value is -3.51. The molecule has 12 heteroatoms. The molecule has 2 aromatic carbocycles. The number of halogens is 1. The smallest absolute Gasteiger partial charge is 0.410 e. The Labute approximate surface area is 239 Å². The predicted molar refractivity (Wildman–Crippen MR) is 155 cm³/mol. The third-order valence-corrected chi connectivity index (χ3v) is 8.94. The molecule has 4 heterocycles. The molecule has 3 atom stereocenters. The van der Waals surface area contributed by atoms with Gasteiger partial charge >= 0.3 is 6.09 Å². The number of anilines is 1. The number of hydrogen-bond acceptors (Lipinski definition) is 9. The summed E-state index contributed by atoms with van der Waals surface area (Å²) >= 11 is 7.40. The molecule has 2 aliphatic rings. The molecule has 0 unspecified atom stereocenters. The number of nitrogens with two attached hydrogens (primary N) is 1. The van der Waals surface area contributed by atoms with E-state index >= 15 is 0 Å². The summed E-state index contributed by atoms with van der Waals surface area (Å²) in [5.41, 5.74) is 8.57. The van der Waals surface area contributed by atoms with Gasteiger partial charge in [-0.05, 0) is 49.6 Å². The molecule has 0 radical (unpaired) electrons. The third-order valence-electron chi connectivity index (χ3n) is 7.55. The van der Waals surface area contributed by atoms with Crippen LogP contribution >= 0.6 is 22.9 Å². The Balaban J connectivity index is 1.41. The number of thiazole rings is 1. The molecule has 40 heavy (non-hydrogen) atoms. The zero-order valence-electron chi connectivity index (χ0n) is 21.8. The minimum atomic E-state index is -0.798. The highest BCUT2D eigenvalue weighted by Gasteiger charge is 2.38. The number of carbonyl (C=O) groups excluding carboxylic acids is 1. The Bertz CT molecular complexity index is 1640. The standard InChI is InChI=1S/C28H29ClN6O4S/c1-15-32-23-9-20(26-31-12-25(40-26)24(36)11-30)22(33-18-6-7-34-19(8-18)14-39-28(34)38)10-21(23)27(37)35(15)13-16-2-4-17(29)5-3-16/h2-5,9-10,12,18-19,24,33,36H,6-8,11,13-14,30H2,1H3/t18-,19-,24-/m0/s1. The highest BCUT2D eigenvalue weighted by Crippen LogP contribution is 2.37. The molecule has 0 aliphatic carbocycles. The number of rotatable bonds is 7. The molecule has 0 spiro atoms. The number of carbonyl (C=O) groups is 1.